The molecule has 0 atom stereocenters. The number of hydrazone groups is 1. The molecular formula is C16H17N3O. The maximum absolute atomic E-state index is 11.6. The van der Waals surface area contributed by atoms with Crippen LogP contribution in [-0.2, 0) is 0 Å². The highest BCUT2D eigenvalue weighted by Gasteiger charge is 2.11. The van der Waals surface area contributed by atoms with Gasteiger partial charge in [0.05, 0.1) is 11.4 Å². The number of hydrogen-bond donors (Lipinski definition) is 1. The Labute approximate surface area is 118 Å². The summed E-state index contributed by atoms with van der Waals surface area (Å²) in [6, 6.07) is 16.5. The second-order valence-electron chi connectivity index (χ2n) is 4.54. The van der Waals surface area contributed by atoms with E-state index in [1.807, 2.05) is 56.3 Å². The Morgan fingerprint density at radius 3 is 2.20 bits per heavy atom. The van der Waals surface area contributed by atoms with E-state index in [0.717, 1.165) is 11.3 Å². The van der Waals surface area contributed by atoms with E-state index in [1.54, 1.807) is 12.1 Å². The van der Waals surface area contributed by atoms with E-state index in [0.29, 0.717) is 5.69 Å². The number of amides is 2. The minimum Gasteiger partial charge on any atom is -0.350 e. The molecule has 2 aromatic carbocycles. The van der Waals surface area contributed by atoms with Crippen molar-refractivity contribution in [3.8, 4) is 0 Å². The Hall–Kier alpha value is -2.62. The largest absolute Gasteiger partial charge is 0.350 e. The molecule has 2 amide bonds. The van der Waals surface area contributed by atoms with Gasteiger partial charge in [0.2, 0.25) is 0 Å². The fourth-order valence-electron chi connectivity index (χ4n) is 1.81. The zero-order valence-corrected chi connectivity index (χ0v) is 11.6. The lowest BCUT2D eigenvalue weighted by molar-refractivity contribution is 0.254. The Balaban J connectivity index is 2.34. The Morgan fingerprint density at radius 2 is 1.65 bits per heavy atom. The summed E-state index contributed by atoms with van der Waals surface area (Å²) >= 11 is 0. The van der Waals surface area contributed by atoms with Crippen molar-refractivity contribution in [2.45, 2.75) is 13.8 Å². The number of benzene rings is 2. The van der Waals surface area contributed by atoms with Gasteiger partial charge in [-0.25, -0.2) is 4.79 Å². The molecule has 0 saturated carbocycles. The Bertz CT molecular complexity index is 618. The lowest BCUT2D eigenvalue weighted by Gasteiger charge is -2.15. The molecule has 2 N–H and O–H groups in total. The molecule has 4 nitrogen and oxygen atoms in total. The fraction of sp³-hybridized carbons (Fsp3) is 0.125. The predicted octanol–water partition coefficient (Wildman–Crippen LogP) is 3.30. The van der Waals surface area contributed by atoms with Crippen molar-refractivity contribution < 1.29 is 4.79 Å². The van der Waals surface area contributed by atoms with Gasteiger partial charge in [-0.15, -0.1) is 0 Å². The summed E-state index contributed by atoms with van der Waals surface area (Å²) in [5, 5.41) is 5.53. The first-order valence-electron chi connectivity index (χ1n) is 6.35. The highest BCUT2D eigenvalue weighted by Crippen LogP contribution is 2.15. The highest BCUT2D eigenvalue weighted by molar-refractivity contribution is 6.02. The zero-order chi connectivity index (χ0) is 14.5. The number of aryl methyl sites for hydroxylation is 1. The number of rotatable bonds is 3. The second kappa shape index (κ2) is 6.02. The minimum absolute atomic E-state index is 0.609. The van der Waals surface area contributed by atoms with E-state index in [-0.39, 0.29) is 0 Å². The van der Waals surface area contributed by atoms with Crippen LogP contribution in [0.25, 0.3) is 0 Å². The van der Waals surface area contributed by atoms with Crippen LogP contribution in [0.2, 0.25) is 0 Å². The summed E-state index contributed by atoms with van der Waals surface area (Å²) in [6.07, 6.45) is 0. The lowest BCUT2D eigenvalue weighted by Crippen LogP contribution is -2.32. The van der Waals surface area contributed by atoms with Crippen molar-refractivity contribution >= 4 is 17.4 Å². The molecule has 0 bridgehead atoms. The van der Waals surface area contributed by atoms with Crippen LogP contribution in [0.3, 0.4) is 0 Å². The first-order valence-corrected chi connectivity index (χ1v) is 6.35. The topological polar surface area (TPSA) is 58.7 Å². The normalized spacial score (nSPS) is 11.2. The third-order valence-electron chi connectivity index (χ3n) is 2.93. The number of primary amides is 1. The van der Waals surface area contributed by atoms with Gasteiger partial charge in [0.25, 0.3) is 0 Å². The molecule has 0 aliphatic rings. The van der Waals surface area contributed by atoms with E-state index >= 15 is 0 Å². The number of anilines is 1. The average molecular weight is 267 g/mol. The summed E-state index contributed by atoms with van der Waals surface area (Å²) in [4.78, 5) is 11.6. The van der Waals surface area contributed by atoms with Crippen molar-refractivity contribution in [2.24, 2.45) is 10.8 Å². The average Bonchev–Trinajstić information content (AvgIpc) is 2.46. The number of para-hydroxylation sites is 1. The molecule has 0 heterocycles. The van der Waals surface area contributed by atoms with E-state index in [1.165, 1.54) is 10.6 Å². The third kappa shape index (κ3) is 3.23. The van der Waals surface area contributed by atoms with Gasteiger partial charge in [0, 0.05) is 0 Å². The van der Waals surface area contributed by atoms with Gasteiger partial charge in [-0.2, -0.15) is 10.1 Å². The van der Waals surface area contributed by atoms with Crippen molar-refractivity contribution in [1.82, 2.24) is 0 Å². The molecule has 0 radical (unpaired) electrons. The number of carbonyl (C=O) groups excluding carboxylic acids is 1. The van der Waals surface area contributed by atoms with E-state index in [9.17, 15) is 4.79 Å². The van der Waals surface area contributed by atoms with Crippen LogP contribution in [0, 0.1) is 6.92 Å². The van der Waals surface area contributed by atoms with Gasteiger partial charge in [0.1, 0.15) is 0 Å². The monoisotopic (exact) mass is 267 g/mol. The zero-order valence-electron chi connectivity index (χ0n) is 11.6. The second-order valence-corrected chi connectivity index (χ2v) is 4.54. The summed E-state index contributed by atoms with van der Waals surface area (Å²) in [5.41, 5.74) is 8.91. The Morgan fingerprint density at radius 1 is 1.05 bits per heavy atom. The van der Waals surface area contributed by atoms with Gasteiger partial charge in [-0.3, -0.25) is 0 Å². The predicted molar refractivity (Wildman–Crippen MR) is 81.9 cm³/mol. The van der Waals surface area contributed by atoms with Crippen LogP contribution in [0.4, 0.5) is 10.5 Å². The van der Waals surface area contributed by atoms with Crippen molar-refractivity contribution in [2.75, 3.05) is 5.01 Å². The van der Waals surface area contributed by atoms with Gasteiger partial charge in [0.15, 0.2) is 0 Å². The molecule has 20 heavy (non-hydrogen) atoms. The molecule has 2 aromatic rings. The first kappa shape index (κ1) is 13.8. The molecule has 0 spiro atoms. The Kier molecular flexibility index (Phi) is 4.15. The quantitative estimate of drug-likeness (QED) is 0.673. The summed E-state index contributed by atoms with van der Waals surface area (Å²) in [5.74, 6) is 0. The van der Waals surface area contributed by atoms with Crippen LogP contribution in [-0.4, -0.2) is 11.7 Å². The van der Waals surface area contributed by atoms with Crippen LogP contribution in [0.1, 0.15) is 18.1 Å². The standard InChI is InChI=1S/C16H17N3O/c1-12-8-10-14(11-9-12)13(2)18-19(16(17)20)15-6-4-3-5-7-15/h3-11H,1-2H3,(H2,17,20). The molecular weight excluding hydrogens is 250 g/mol. The number of urea groups is 1. The highest BCUT2D eigenvalue weighted by atomic mass is 16.2. The van der Waals surface area contributed by atoms with Gasteiger partial charge in [-0.1, -0.05) is 48.0 Å². The molecule has 4 heteroatoms. The number of hydrogen-bond acceptors (Lipinski definition) is 2. The fourth-order valence-corrected chi connectivity index (χ4v) is 1.81. The lowest BCUT2D eigenvalue weighted by atomic mass is 10.1. The van der Waals surface area contributed by atoms with Crippen molar-refractivity contribution in [3.63, 3.8) is 0 Å². The van der Waals surface area contributed by atoms with Crippen molar-refractivity contribution in [1.29, 1.82) is 0 Å². The number of nitrogens with zero attached hydrogens (tertiary/aromatic N) is 2. The van der Waals surface area contributed by atoms with Gasteiger partial charge >= 0.3 is 6.03 Å². The molecule has 0 fully saturated rings. The SMILES string of the molecule is CC(=NN(C(N)=O)c1ccccc1)c1ccc(C)cc1. The molecule has 0 saturated heterocycles. The van der Waals surface area contributed by atoms with E-state index in [4.69, 9.17) is 5.73 Å². The smallest absolute Gasteiger partial charge is 0.340 e. The minimum atomic E-state index is -0.609. The molecule has 0 aromatic heterocycles. The summed E-state index contributed by atoms with van der Waals surface area (Å²) in [6.45, 7) is 3.87. The van der Waals surface area contributed by atoms with E-state index < -0.39 is 6.03 Å². The van der Waals surface area contributed by atoms with Crippen LogP contribution < -0.4 is 10.7 Å². The van der Waals surface area contributed by atoms with Crippen LogP contribution in [0.5, 0.6) is 0 Å². The maximum atomic E-state index is 11.6. The van der Waals surface area contributed by atoms with Crippen molar-refractivity contribution in [3.05, 3.63) is 65.7 Å². The number of carbonyl (C=O) groups is 1. The van der Waals surface area contributed by atoms with Crippen LogP contribution in [0.15, 0.2) is 59.7 Å². The third-order valence-corrected chi connectivity index (χ3v) is 2.93. The molecule has 0 aliphatic carbocycles. The van der Waals surface area contributed by atoms with Gasteiger partial charge < -0.3 is 5.73 Å². The molecule has 2 rings (SSSR count). The first-order chi connectivity index (χ1) is 9.58. The molecule has 0 aliphatic heterocycles. The number of nitrogens with two attached hydrogens (primary N) is 1. The summed E-state index contributed by atoms with van der Waals surface area (Å²) in [7, 11) is 0. The van der Waals surface area contributed by atoms with Crippen LogP contribution >= 0.6 is 0 Å². The molecule has 102 valence electrons. The maximum Gasteiger partial charge on any atom is 0.340 e. The molecule has 0 unspecified atom stereocenters. The van der Waals surface area contributed by atoms with Gasteiger partial charge in [-0.05, 0) is 31.5 Å². The summed E-state index contributed by atoms with van der Waals surface area (Å²) < 4.78 is 0. The van der Waals surface area contributed by atoms with E-state index in [2.05, 4.69) is 5.10 Å².